The Balaban J connectivity index is 1.53. The molecule has 0 atom stereocenters. The minimum atomic E-state index is 0.485. The number of ether oxygens (including phenoxy) is 3. The van der Waals surface area contributed by atoms with Crippen LogP contribution in [-0.4, -0.2) is 25.2 Å². The highest BCUT2D eigenvalue weighted by molar-refractivity contribution is 9.10. The third-order valence-electron chi connectivity index (χ3n) is 4.25. The Morgan fingerprint density at radius 1 is 1.00 bits per heavy atom. The molecule has 0 saturated heterocycles. The summed E-state index contributed by atoms with van der Waals surface area (Å²) < 4.78 is 18.0. The van der Waals surface area contributed by atoms with Crippen LogP contribution < -0.4 is 19.5 Å². The van der Waals surface area contributed by atoms with Crippen LogP contribution in [0.15, 0.2) is 65.3 Å². The van der Waals surface area contributed by atoms with Crippen LogP contribution in [0.4, 0.5) is 0 Å². The van der Waals surface area contributed by atoms with Crippen LogP contribution in [0.25, 0.3) is 0 Å². The maximum absolute atomic E-state index is 6.03. The second-order valence-electron chi connectivity index (χ2n) is 6.58. The minimum Gasteiger partial charge on any atom is -0.493 e. The summed E-state index contributed by atoms with van der Waals surface area (Å²) in [7, 11) is 1.65. The quantitative estimate of drug-likeness (QED) is 0.439. The predicted octanol–water partition coefficient (Wildman–Crippen LogP) is 4.91. The van der Waals surface area contributed by atoms with Gasteiger partial charge in [-0.25, -0.2) is 4.98 Å². The normalized spacial score (nSPS) is 10.6. The average molecular weight is 457 g/mol. The van der Waals surface area contributed by atoms with Gasteiger partial charge in [-0.05, 0) is 52.2 Å². The van der Waals surface area contributed by atoms with Crippen LogP contribution in [0.2, 0.25) is 0 Å². The fraction of sp³-hybridized carbons (Fsp3) is 0.261. The molecule has 29 heavy (non-hydrogen) atoms. The molecule has 0 radical (unpaired) electrons. The molecule has 1 N–H and O–H groups in total. The van der Waals surface area contributed by atoms with Gasteiger partial charge in [0.25, 0.3) is 0 Å². The molecular weight excluding hydrogens is 432 g/mol. The van der Waals surface area contributed by atoms with Crippen molar-refractivity contribution in [2.45, 2.75) is 20.1 Å². The van der Waals surface area contributed by atoms with Crippen molar-refractivity contribution in [3.05, 3.63) is 82.0 Å². The molecule has 0 unspecified atom stereocenters. The summed E-state index contributed by atoms with van der Waals surface area (Å²) in [6.07, 6.45) is 1.72. The number of hydrogen-bond donors (Lipinski definition) is 1. The first-order chi connectivity index (χ1) is 14.2. The zero-order valence-corrected chi connectivity index (χ0v) is 18.2. The third-order valence-corrected chi connectivity index (χ3v) is 4.84. The van der Waals surface area contributed by atoms with Crippen molar-refractivity contribution >= 4 is 15.9 Å². The largest absolute Gasteiger partial charge is 0.493 e. The molecule has 3 aromatic rings. The molecule has 0 bridgehead atoms. The van der Waals surface area contributed by atoms with Gasteiger partial charge in [-0.15, -0.1) is 0 Å². The number of aryl methyl sites for hydroxylation is 1. The van der Waals surface area contributed by atoms with E-state index in [1.54, 1.807) is 13.3 Å². The second-order valence-corrected chi connectivity index (χ2v) is 7.43. The predicted molar refractivity (Wildman–Crippen MR) is 118 cm³/mol. The van der Waals surface area contributed by atoms with Gasteiger partial charge in [-0.2, -0.15) is 0 Å². The number of benzene rings is 2. The summed E-state index contributed by atoms with van der Waals surface area (Å²) in [6, 6.07) is 17.9. The summed E-state index contributed by atoms with van der Waals surface area (Å²) in [5, 5.41) is 3.36. The smallest absolute Gasteiger partial charge is 0.213 e. The van der Waals surface area contributed by atoms with E-state index in [9.17, 15) is 0 Å². The molecule has 5 nitrogen and oxygen atoms in total. The van der Waals surface area contributed by atoms with Gasteiger partial charge in [0.1, 0.15) is 13.2 Å². The molecule has 0 aliphatic heterocycles. The van der Waals surface area contributed by atoms with Gasteiger partial charge in [0.15, 0.2) is 11.5 Å². The maximum Gasteiger partial charge on any atom is 0.213 e. The Kier molecular flexibility index (Phi) is 7.90. The summed E-state index contributed by atoms with van der Waals surface area (Å²) >= 11 is 3.61. The Morgan fingerprint density at radius 3 is 2.66 bits per heavy atom. The highest BCUT2D eigenvalue weighted by atomic mass is 79.9. The van der Waals surface area contributed by atoms with E-state index in [2.05, 4.69) is 51.4 Å². The fourth-order valence-electron chi connectivity index (χ4n) is 2.87. The van der Waals surface area contributed by atoms with E-state index in [4.69, 9.17) is 14.2 Å². The number of hydrogen-bond acceptors (Lipinski definition) is 5. The van der Waals surface area contributed by atoms with Crippen molar-refractivity contribution in [1.29, 1.82) is 0 Å². The molecule has 3 rings (SSSR count). The Bertz CT molecular complexity index is 919. The SMILES string of the molecule is COc1cc(CNCCOc2ccccn2)cc(Br)c1OCc1cccc(C)c1. The van der Waals surface area contributed by atoms with Crippen molar-refractivity contribution < 1.29 is 14.2 Å². The van der Waals surface area contributed by atoms with Crippen LogP contribution in [0.1, 0.15) is 16.7 Å². The molecule has 0 saturated carbocycles. The van der Waals surface area contributed by atoms with Crippen molar-refractivity contribution in [2.75, 3.05) is 20.3 Å². The number of pyridine rings is 1. The monoisotopic (exact) mass is 456 g/mol. The summed E-state index contributed by atoms with van der Waals surface area (Å²) in [5.41, 5.74) is 3.43. The Hall–Kier alpha value is -2.57. The topological polar surface area (TPSA) is 52.6 Å². The number of rotatable bonds is 10. The van der Waals surface area contributed by atoms with Crippen LogP contribution >= 0.6 is 15.9 Å². The molecule has 1 aromatic heterocycles. The van der Waals surface area contributed by atoms with Gasteiger partial charge in [0, 0.05) is 25.4 Å². The molecule has 0 fully saturated rings. The van der Waals surface area contributed by atoms with Crippen molar-refractivity contribution in [3.63, 3.8) is 0 Å². The van der Waals surface area contributed by atoms with Crippen molar-refractivity contribution in [3.8, 4) is 17.4 Å². The second kappa shape index (κ2) is 10.8. The molecule has 2 aromatic carbocycles. The van der Waals surface area contributed by atoms with E-state index in [1.807, 2.05) is 36.4 Å². The lowest BCUT2D eigenvalue weighted by molar-refractivity contribution is 0.282. The molecule has 6 heteroatoms. The lowest BCUT2D eigenvalue weighted by Crippen LogP contribution is -2.20. The van der Waals surface area contributed by atoms with Gasteiger partial charge in [0.2, 0.25) is 5.88 Å². The van der Waals surface area contributed by atoms with Gasteiger partial charge >= 0.3 is 0 Å². The van der Waals surface area contributed by atoms with Gasteiger partial charge in [-0.1, -0.05) is 35.9 Å². The van der Waals surface area contributed by atoms with Crippen LogP contribution in [0.5, 0.6) is 17.4 Å². The van der Waals surface area contributed by atoms with Crippen molar-refractivity contribution in [1.82, 2.24) is 10.3 Å². The van der Waals surface area contributed by atoms with Crippen LogP contribution in [0.3, 0.4) is 0 Å². The number of nitrogens with zero attached hydrogens (tertiary/aromatic N) is 1. The lowest BCUT2D eigenvalue weighted by atomic mass is 10.1. The number of nitrogens with one attached hydrogen (secondary N) is 1. The van der Waals surface area contributed by atoms with E-state index in [1.165, 1.54) is 5.56 Å². The molecule has 0 aliphatic rings. The first-order valence-electron chi connectivity index (χ1n) is 9.45. The van der Waals surface area contributed by atoms with E-state index >= 15 is 0 Å². The van der Waals surface area contributed by atoms with Crippen LogP contribution in [0, 0.1) is 6.92 Å². The number of halogens is 1. The van der Waals surface area contributed by atoms with Crippen molar-refractivity contribution in [2.24, 2.45) is 0 Å². The maximum atomic E-state index is 6.03. The third kappa shape index (κ3) is 6.48. The molecule has 0 aliphatic carbocycles. The van der Waals surface area contributed by atoms with Gasteiger partial charge in [-0.3, -0.25) is 0 Å². The van der Waals surface area contributed by atoms with Gasteiger partial charge < -0.3 is 19.5 Å². The average Bonchev–Trinajstić information content (AvgIpc) is 2.73. The molecule has 0 amide bonds. The lowest BCUT2D eigenvalue weighted by Gasteiger charge is -2.15. The zero-order valence-electron chi connectivity index (χ0n) is 16.7. The van der Waals surface area contributed by atoms with Crippen LogP contribution in [-0.2, 0) is 13.2 Å². The molecule has 1 heterocycles. The molecule has 152 valence electrons. The van der Waals surface area contributed by atoms with E-state index in [0.29, 0.717) is 43.7 Å². The Morgan fingerprint density at radius 2 is 1.90 bits per heavy atom. The highest BCUT2D eigenvalue weighted by Gasteiger charge is 2.12. The Labute approximate surface area is 180 Å². The number of aromatic nitrogens is 1. The van der Waals surface area contributed by atoms with E-state index in [-0.39, 0.29) is 0 Å². The standard InChI is InChI=1S/C23H25BrN2O3/c1-17-6-5-7-18(12-17)16-29-23-20(24)13-19(14-21(23)27-2)15-25-10-11-28-22-8-3-4-9-26-22/h3-9,12-14,25H,10-11,15-16H2,1-2H3. The first-order valence-corrected chi connectivity index (χ1v) is 10.2. The highest BCUT2D eigenvalue weighted by Crippen LogP contribution is 2.37. The van der Waals surface area contributed by atoms with Gasteiger partial charge in [0.05, 0.1) is 11.6 Å². The fourth-order valence-corrected chi connectivity index (χ4v) is 3.47. The first kappa shape index (κ1) is 21.1. The van der Waals surface area contributed by atoms with E-state index < -0.39 is 0 Å². The molecular formula is C23H25BrN2O3. The molecule has 0 spiro atoms. The van der Waals surface area contributed by atoms with E-state index in [0.717, 1.165) is 15.6 Å². The summed E-state index contributed by atoms with van der Waals surface area (Å²) in [5.74, 6) is 2.04. The summed E-state index contributed by atoms with van der Waals surface area (Å²) in [4.78, 5) is 4.14. The minimum absolute atomic E-state index is 0.485. The zero-order chi connectivity index (χ0) is 20.5. The summed E-state index contributed by atoms with van der Waals surface area (Å²) in [6.45, 7) is 4.51. The number of methoxy groups -OCH3 is 1.